The summed E-state index contributed by atoms with van der Waals surface area (Å²) < 4.78 is 62.7. The fourth-order valence-electron chi connectivity index (χ4n) is 4.77. The predicted molar refractivity (Wildman–Crippen MR) is 161 cm³/mol. The Morgan fingerprint density at radius 1 is 1.00 bits per heavy atom. The lowest BCUT2D eigenvalue weighted by molar-refractivity contribution is -0.384. The number of nitro benzene ring substituents is 1. The smallest absolute Gasteiger partial charge is 0.272 e. The molecule has 0 aromatic heterocycles. The van der Waals surface area contributed by atoms with Gasteiger partial charge in [-0.2, -0.15) is 9.88 Å². The molecule has 1 aliphatic rings. The molecule has 0 heterocycles. The van der Waals surface area contributed by atoms with Gasteiger partial charge >= 0.3 is 0 Å². The molecule has 0 radical (unpaired) electrons. The molecule has 43 heavy (non-hydrogen) atoms. The average molecular weight is 637 g/mol. The van der Waals surface area contributed by atoms with Crippen LogP contribution in [0, 0.1) is 33.4 Å². The van der Waals surface area contributed by atoms with Gasteiger partial charge in [0, 0.05) is 43.1 Å². The summed E-state index contributed by atoms with van der Waals surface area (Å²) in [6.45, 7) is 0. The van der Waals surface area contributed by atoms with Crippen LogP contribution in [-0.4, -0.2) is 46.7 Å². The van der Waals surface area contributed by atoms with Crippen LogP contribution in [0.15, 0.2) is 59.7 Å². The number of carbonyl (C=O) groups excluding carboxylic acids is 1. The van der Waals surface area contributed by atoms with Crippen molar-refractivity contribution in [1.82, 2.24) is 15.0 Å². The number of benzene rings is 3. The molecular weight excluding hydrogens is 607 g/mol. The lowest BCUT2D eigenvalue weighted by atomic mass is 9.95. The lowest BCUT2D eigenvalue weighted by Gasteiger charge is -2.37. The van der Waals surface area contributed by atoms with Gasteiger partial charge in [-0.15, -0.1) is 0 Å². The number of non-ortho nitro benzene ring substituents is 1. The molecule has 9 nitrogen and oxygen atoms in total. The van der Waals surface area contributed by atoms with Crippen LogP contribution in [0.3, 0.4) is 0 Å². The fourth-order valence-corrected chi connectivity index (χ4v) is 7.44. The highest BCUT2D eigenvalue weighted by atomic mass is 32.4. The van der Waals surface area contributed by atoms with Gasteiger partial charge in [0.15, 0.2) is 29.6 Å². The standard InChI is InChI=1S/C28H29F4N6O3PS/c1-36(33-17-18-10-9-13-20(16-18)38(40)41)42(43,21-14-7-4-8-15-21)37(2)35-28(39)22-23(29)25(31)27(26(32)24(22)30)34-19-11-5-3-6-12-19/h4,7-10,13-17,19,34H,3,5-6,11-12H2,1-2H3,(H,35,39)/b33-17+. The van der Waals surface area contributed by atoms with Crippen LogP contribution in [0.4, 0.5) is 28.9 Å². The minimum absolute atomic E-state index is 0.151. The average Bonchev–Trinajstić information content (AvgIpc) is 3.01. The molecule has 0 aliphatic heterocycles. The molecule has 1 amide bonds. The first-order valence-electron chi connectivity index (χ1n) is 13.3. The molecule has 0 spiro atoms. The Labute approximate surface area is 250 Å². The van der Waals surface area contributed by atoms with Gasteiger partial charge in [0.1, 0.15) is 11.3 Å². The third-order valence-corrected chi connectivity index (χ3v) is 11.9. The van der Waals surface area contributed by atoms with E-state index < -0.39 is 51.7 Å². The van der Waals surface area contributed by atoms with Gasteiger partial charge in [0.05, 0.1) is 11.1 Å². The van der Waals surface area contributed by atoms with Crippen molar-refractivity contribution in [3.63, 3.8) is 0 Å². The Morgan fingerprint density at radius 3 is 2.23 bits per heavy atom. The van der Waals surface area contributed by atoms with E-state index in [1.54, 1.807) is 36.4 Å². The number of hydrogen-bond donors (Lipinski definition) is 2. The summed E-state index contributed by atoms with van der Waals surface area (Å²) in [6, 6.07) is 13.8. The molecule has 15 heteroatoms. The van der Waals surface area contributed by atoms with Gasteiger partial charge < -0.3 is 5.32 Å². The van der Waals surface area contributed by atoms with Gasteiger partial charge in [-0.1, -0.05) is 61.7 Å². The Hall–Kier alpha value is -3.87. The van der Waals surface area contributed by atoms with Gasteiger partial charge in [-0.05, 0) is 24.6 Å². The summed E-state index contributed by atoms with van der Waals surface area (Å²) in [6.07, 6.45) is 1.82. The zero-order chi connectivity index (χ0) is 31.3. The topological polar surface area (TPSA) is 103 Å². The minimum Gasteiger partial charge on any atom is -0.377 e. The first-order valence-corrected chi connectivity index (χ1v) is 16.0. The van der Waals surface area contributed by atoms with E-state index in [9.17, 15) is 14.9 Å². The number of carbonyl (C=O) groups is 1. The molecule has 1 unspecified atom stereocenters. The predicted octanol–water partition coefficient (Wildman–Crippen LogP) is 6.07. The van der Waals surface area contributed by atoms with E-state index in [2.05, 4.69) is 15.8 Å². The summed E-state index contributed by atoms with van der Waals surface area (Å²) in [4.78, 5) is 23.7. The maximum atomic E-state index is 15.1. The molecule has 0 saturated heterocycles. The minimum atomic E-state index is -3.29. The van der Waals surface area contributed by atoms with Crippen LogP contribution in [0.25, 0.3) is 0 Å². The van der Waals surface area contributed by atoms with Crippen LogP contribution in [-0.2, 0) is 11.8 Å². The summed E-state index contributed by atoms with van der Waals surface area (Å²) >= 11 is 5.97. The van der Waals surface area contributed by atoms with E-state index in [0.29, 0.717) is 23.7 Å². The maximum Gasteiger partial charge on any atom is 0.272 e. The van der Waals surface area contributed by atoms with Crippen LogP contribution in [0.2, 0.25) is 0 Å². The van der Waals surface area contributed by atoms with Crippen molar-refractivity contribution in [1.29, 1.82) is 0 Å². The second-order valence-electron chi connectivity index (χ2n) is 9.92. The third kappa shape index (κ3) is 6.87. The van der Waals surface area contributed by atoms with Gasteiger partial charge in [0.2, 0.25) is 0 Å². The molecule has 1 saturated carbocycles. The van der Waals surface area contributed by atoms with E-state index >= 15 is 17.6 Å². The van der Waals surface area contributed by atoms with E-state index in [-0.39, 0.29) is 11.7 Å². The third-order valence-electron chi connectivity index (χ3n) is 7.05. The molecule has 4 rings (SSSR count). The second kappa shape index (κ2) is 13.6. The lowest BCUT2D eigenvalue weighted by Crippen LogP contribution is -2.43. The number of nitro groups is 1. The Balaban J connectivity index is 1.64. The normalized spacial score (nSPS) is 15.3. The highest BCUT2D eigenvalue weighted by molar-refractivity contribution is 8.15. The zero-order valence-corrected chi connectivity index (χ0v) is 25.0. The number of anilines is 1. The molecule has 1 atom stereocenters. The van der Waals surface area contributed by atoms with Crippen LogP contribution in [0.5, 0.6) is 0 Å². The number of nitrogens with zero attached hydrogens (tertiary/aromatic N) is 4. The zero-order valence-electron chi connectivity index (χ0n) is 23.3. The van der Waals surface area contributed by atoms with Crippen molar-refractivity contribution in [2.75, 3.05) is 19.4 Å². The number of hydrazine groups is 1. The molecular formula is C28H29F4N6O3PS. The second-order valence-corrected chi connectivity index (χ2v) is 14.2. The largest absolute Gasteiger partial charge is 0.377 e. The van der Waals surface area contributed by atoms with E-state index in [1.807, 2.05) is 0 Å². The van der Waals surface area contributed by atoms with Crippen LogP contribution >= 0.6 is 6.34 Å². The molecule has 1 fully saturated rings. The molecule has 1 aliphatic carbocycles. The monoisotopic (exact) mass is 636 g/mol. The summed E-state index contributed by atoms with van der Waals surface area (Å²) in [5, 5.41) is 18.5. The summed E-state index contributed by atoms with van der Waals surface area (Å²) in [5.74, 6) is -8.53. The van der Waals surface area contributed by atoms with E-state index in [4.69, 9.17) is 11.8 Å². The quantitative estimate of drug-likeness (QED) is 0.0695. The highest BCUT2D eigenvalue weighted by Gasteiger charge is 2.35. The Morgan fingerprint density at radius 2 is 1.63 bits per heavy atom. The molecule has 0 bridgehead atoms. The van der Waals surface area contributed by atoms with Gasteiger partial charge in [0.25, 0.3) is 11.6 Å². The van der Waals surface area contributed by atoms with Crippen molar-refractivity contribution in [2.24, 2.45) is 5.10 Å². The van der Waals surface area contributed by atoms with Crippen molar-refractivity contribution in [3.05, 3.63) is 99.1 Å². The number of nitrogens with one attached hydrogen (secondary N) is 2. The Kier molecular flexibility index (Phi) is 10.2. The number of amides is 1. The molecule has 3 aromatic carbocycles. The van der Waals surface area contributed by atoms with Crippen molar-refractivity contribution in [3.8, 4) is 0 Å². The van der Waals surface area contributed by atoms with Crippen LogP contribution in [0.1, 0.15) is 48.0 Å². The maximum absolute atomic E-state index is 15.1. The highest BCUT2D eigenvalue weighted by Crippen LogP contribution is 2.50. The summed E-state index contributed by atoms with van der Waals surface area (Å²) in [7, 11) is 2.84. The number of halogens is 4. The van der Waals surface area contributed by atoms with Gasteiger partial charge in [-0.3, -0.25) is 25.1 Å². The van der Waals surface area contributed by atoms with E-state index in [1.165, 1.54) is 43.3 Å². The SMILES string of the molecule is CN(/N=C/c1cccc([N+](=O)[O-])c1)P(=S)(c1ccccc1)N(C)NC(=O)c1c(F)c(F)c(NC2CCCCC2)c(F)c1F. The fraction of sp³-hybridized carbons (Fsp3) is 0.286. The molecule has 228 valence electrons. The Bertz CT molecular complexity index is 1560. The van der Waals surface area contributed by atoms with Crippen LogP contribution < -0.4 is 16.0 Å². The number of rotatable bonds is 10. The molecule has 2 N–H and O–H groups in total. The first-order chi connectivity index (χ1) is 20.4. The molecule has 3 aromatic rings. The number of hydrogen-bond acceptors (Lipinski definition) is 6. The summed E-state index contributed by atoms with van der Waals surface area (Å²) in [5.41, 5.74) is 0.129. The van der Waals surface area contributed by atoms with Crippen molar-refractivity contribution in [2.45, 2.75) is 38.1 Å². The number of hydrazone groups is 1. The first kappa shape index (κ1) is 32.1. The van der Waals surface area contributed by atoms with E-state index in [0.717, 1.165) is 24.0 Å². The van der Waals surface area contributed by atoms with Crippen molar-refractivity contribution < 1.29 is 27.3 Å². The van der Waals surface area contributed by atoms with Gasteiger partial charge in [-0.25, -0.2) is 17.6 Å². The van der Waals surface area contributed by atoms with Crippen molar-refractivity contribution >= 4 is 46.9 Å².